The molecule has 0 radical (unpaired) electrons. The summed E-state index contributed by atoms with van der Waals surface area (Å²) in [5.41, 5.74) is 2.19. The number of likely N-dealkylation sites (tertiary alicyclic amines) is 1. The molecule has 2 aromatic carbocycles. The molecule has 0 aromatic heterocycles. The summed E-state index contributed by atoms with van der Waals surface area (Å²) in [4.78, 5) is 14.5. The quantitative estimate of drug-likeness (QED) is 0.775. The first-order chi connectivity index (χ1) is 13.7. The molecule has 1 saturated heterocycles. The van der Waals surface area contributed by atoms with Gasteiger partial charge in [-0.15, -0.1) is 0 Å². The maximum Gasteiger partial charge on any atom is 0.283 e. The lowest BCUT2D eigenvalue weighted by molar-refractivity contribution is -0.940. The zero-order chi connectivity index (χ0) is 19.5. The number of methoxy groups -OCH3 is 2. The Balaban J connectivity index is 1.70. The van der Waals surface area contributed by atoms with Crippen molar-refractivity contribution in [2.75, 3.05) is 20.8 Å². The maximum absolute atomic E-state index is 13.2. The first kappa shape index (κ1) is 18.8. The second-order valence-electron chi connectivity index (χ2n) is 7.75. The predicted molar refractivity (Wildman–Crippen MR) is 108 cm³/mol. The van der Waals surface area contributed by atoms with Gasteiger partial charge in [-0.25, -0.2) is 0 Å². The standard InChI is InChI=1S/C23H28N2O3/c1-27-18-12-13-21(28-2)19(15-18)20-9-6-14-25(20)22(16-7-4-3-5-8-16)23(26)24-17-10-11-17/h3-5,7-8,12-13,15,17,20,22H,6,9-11,14H2,1-2H3,(H,24,26)/p+1/t20-,22+/m1/s1. The fourth-order valence-electron chi connectivity index (χ4n) is 4.37. The summed E-state index contributed by atoms with van der Waals surface area (Å²) in [6, 6.07) is 16.5. The van der Waals surface area contributed by atoms with E-state index in [9.17, 15) is 4.79 Å². The predicted octanol–water partition coefficient (Wildman–Crippen LogP) is 2.44. The molecule has 148 valence electrons. The second-order valence-corrected chi connectivity index (χ2v) is 7.75. The highest BCUT2D eigenvalue weighted by molar-refractivity contribution is 5.82. The van der Waals surface area contributed by atoms with E-state index in [1.807, 2.05) is 30.3 Å². The van der Waals surface area contributed by atoms with E-state index in [4.69, 9.17) is 9.47 Å². The highest BCUT2D eigenvalue weighted by Crippen LogP contribution is 2.33. The summed E-state index contributed by atoms with van der Waals surface area (Å²) in [6.45, 7) is 0.961. The van der Waals surface area contributed by atoms with Crippen LogP contribution in [0.1, 0.15) is 48.9 Å². The number of nitrogens with one attached hydrogen (secondary N) is 2. The fourth-order valence-corrected chi connectivity index (χ4v) is 4.37. The van der Waals surface area contributed by atoms with Crippen LogP contribution in [-0.2, 0) is 4.79 Å². The number of hydrogen-bond donors (Lipinski definition) is 2. The van der Waals surface area contributed by atoms with Crippen LogP contribution in [0, 0.1) is 0 Å². The van der Waals surface area contributed by atoms with Crippen LogP contribution in [0.2, 0.25) is 0 Å². The Kier molecular flexibility index (Phi) is 5.53. The summed E-state index contributed by atoms with van der Waals surface area (Å²) in [5, 5.41) is 3.24. The number of hydrogen-bond acceptors (Lipinski definition) is 3. The minimum absolute atomic E-state index is 0.137. The topological polar surface area (TPSA) is 52.0 Å². The molecule has 2 N–H and O–H groups in total. The van der Waals surface area contributed by atoms with Gasteiger partial charge in [0.25, 0.3) is 5.91 Å². The first-order valence-corrected chi connectivity index (χ1v) is 10.1. The minimum Gasteiger partial charge on any atom is -0.497 e. The number of ether oxygens (including phenoxy) is 2. The number of quaternary nitrogens is 1. The van der Waals surface area contributed by atoms with Gasteiger partial charge in [-0.2, -0.15) is 0 Å². The molecule has 28 heavy (non-hydrogen) atoms. The van der Waals surface area contributed by atoms with Crippen LogP contribution in [0.15, 0.2) is 48.5 Å². The molecule has 1 unspecified atom stereocenters. The molecule has 5 nitrogen and oxygen atoms in total. The highest BCUT2D eigenvalue weighted by Gasteiger charge is 2.43. The van der Waals surface area contributed by atoms with E-state index in [1.165, 1.54) is 4.90 Å². The molecule has 2 fully saturated rings. The van der Waals surface area contributed by atoms with Gasteiger partial charge in [0.2, 0.25) is 0 Å². The molecule has 0 spiro atoms. The Labute approximate surface area is 166 Å². The summed E-state index contributed by atoms with van der Waals surface area (Å²) >= 11 is 0. The lowest BCUT2D eigenvalue weighted by Gasteiger charge is -2.30. The van der Waals surface area contributed by atoms with E-state index in [1.54, 1.807) is 14.2 Å². The summed E-state index contributed by atoms with van der Waals surface area (Å²) in [7, 11) is 3.38. The van der Waals surface area contributed by atoms with Gasteiger partial charge >= 0.3 is 0 Å². The van der Waals surface area contributed by atoms with Crippen molar-refractivity contribution in [2.24, 2.45) is 0 Å². The van der Waals surface area contributed by atoms with Crippen molar-refractivity contribution in [3.8, 4) is 11.5 Å². The van der Waals surface area contributed by atoms with E-state index >= 15 is 0 Å². The number of rotatable bonds is 7. The molecule has 2 aliphatic rings. The molecule has 1 aliphatic heterocycles. The number of amides is 1. The third kappa shape index (κ3) is 3.85. The molecule has 1 saturated carbocycles. The zero-order valence-electron chi connectivity index (χ0n) is 16.6. The van der Waals surface area contributed by atoms with Crippen molar-refractivity contribution in [3.63, 3.8) is 0 Å². The van der Waals surface area contributed by atoms with Gasteiger partial charge in [0, 0.05) is 24.4 Å². The highest BCUT2D eigenvalue weighted by atomic mass is 16.5. The van der Waals surface area contributed by atoms with Crippen molar-refractivity contribution in [1.82, 2.24) is 5.32 Å². The van der Waals surface area contributed by atoms with Gasteiger partial charge in [0.1, 0.15) is 17.5 Å². The lowest BCUT2D eigenvalue weighted by atomic mass is 9.98. The van der Waals surface area contributed by atoms with Crippen LogP contribution >= 0.6 is 0 Å². The van der Waals surface area contributed by atoms with Crippen LogP contribution < -0.4 is 19.7 Å². The Morgan fingerprint density at radius 2 is 1.86 bits per heavy atom. The van der Waals surface area contributed by atoms with Crippen LogP contribution in [0.5, 0.6) is 11.5 Å². The Morgan fingerprint density at radius 3 is 2.54 bits per heavy atom. The summed E-state index contributed by atoms with van der Waals surface area (Å²) < 4.78 is 11.1. The molecule has 1 amide bonds. The van der Waals surface area contributed by atoms with Gasteiger partial charge in [0.05, 0.1) is 26.3 Å². The SMILES string of the molecule is COc1ccc(OC)c([C@H]2CCC[NH+]2[C@H](C(=O)NC2CC2)c2ccccc2)c1. The van der Waals surface area contributed by atoms with Crippen molar-refractivity contribution in [1.29, 1.82) is 0 Å². The van der Waals surface area contributed by atoms with Crippen molar-refractivity contribution in [3.05, 3.63) is 59.7 Å². The van der Waals surface area contributed by atoms with E-state index in [0.29, 0.717) is 6.04 Å². The first-order valence-electron chi connectivity index (χ1n) is 10.1. The van der Waals surface area contributed by atoms with Gasteiger partial charge in [0.15, 0.2) is 6.04 Å². The third-order valence-electron chi connectivity index (χ3n) is 5.91. The summed E-state index contributed by atoms with van der Waals surface area (Å²) in [5.74, 6) is 1.82. The molecule has 3 atom stereocenters. The van der Waals surface area contributed by atoms with Gasteiger partial charge in [-0.3, -0.25) is 4.79 Å². The van der Waals surface area contributed by atoms with Crippen LogP contribution in [0.4, 0.5) is 0 Å². The van der Waals surface area contributed by atoms with Crippen LogP contribution in [-0.4, -0.2) is 32.7 Å². The largest absolute Gasteiger partial charge is 0.497 e. The molecule has 2 aromatic rings. The monoisotopic (exact) mass is 381 g/mol. The Morgan fingerprint density at radius 1 is 1.07 bits per heavy atom. The lowest BCUT2D eigenvalue weighted by Crippen LogP contribution is -3.11. The molecule has 1 heterocycles. The molecule has 0 bridgehead atoms. The van der Waals surface area contributed by atoms with Crippen LogP contribution in [0.25, 0.3) is 0 Å². The van der Waals surface area contributed by atoms with E-state index in [0.717, 1.165) is 54.9 Å². The fraction of sp³-hybridized carbons (Fsp3) is 0.435. The van der Waals surface area contributed by atoms with Crippen molar-refractivity contribution < 1.29 is 19.2 Å². The van der Waals surface area contributed by atoms with Gasteiger partial charge in [-0.1, -0.05) is 30.3 Å². The molecule has 4 rings (SSSR count). The smallest absolute Gasteiger partial charge is 0.283 e. The number of carbonyl (C=O) groups excluding carboxylic acids is 1. The molecule has 1 aliphatic carbocycles. The van der Waals surface area contributed by atoms with E-state index in [2.05, 4.69) is 23.5 Å². The number of benzene rings is 2. The molecule has 5 heteroatoms. The minimum atomic E-state index is -0.217. The average Bonchev–Trinajstić information content (AvgIpc) is 3.42. The average molecular weight is 381 g/mol. The van der Waals surface area contributed by atoms with Crippen molar-refractivity contribution >= 4 is 5.91 Å². The van der Waals surface area contributed by atoms with E-state index < -0.39 is 0 Å². The van der Waals surface area contributed by atoms with Gasteiger partial charge in [-0.05, 0) is 31.0 Å². The van der Waals surface area contributed by atoms with Crippen LogP contribution in [0.3, 0.4) is 0 Å². The third-order valence-corrected chi connectivity index (χ3v) is 5.91. The normalized spacial score (nSPS) is 22.5. The second kappa shape index (κ2) is 8.23. The molecular weight excluding hydrogens is 352 g/mol. The molecular formula is C23H29N2O3+. The van der Waals surface area contributed by atoms with Crippen molar-refractivity contribution in [2.45, 2.75) is 43.8 Å². The van der Waals surface area contributed by atoms with E-state index in [-0.39, 0.29) is 18.0 Å². The Bertz CT molecular complexity index is 820. The van der Waals surface area contributed by atoms with Gasteiger partial charge < -0.3 is 19.7 Å². The number of carbonyl (C=O) groups is 1. The zero-order valence-corrected chi connectivity index (χ0v) is 16.6. The maximum atomic E-state index is 13.2. The Hall–Kier alpha value is -2.53. The summed E-state index contributed by atoms with van der Waals surface area (Å²) in [6.07, 6.45) is 4.30.